The van der Waals surface area contributed by atoms with E-state index in [1.165, 1.54) is 11.8 Å². The molecule has 0 atom stereocenters. The van der Waals surface area contributed by atoms with E-state index in [-0.39, 0.29) is 0 Å². The van der Waals surface area contributed by atoms with Crippen LogP contribution in [0, 0.1) is 11.3 Å². The maximum Gasteiger partial charge on any atom is 0.266 e. The van der Waals surface area contributed by atoms with Gasteiger partial charge in [0.1, 0.15) is 5.69 Å². The number of nitrogens with one attached hydrogen (secondary N) is 1. The van der Waals surface area contributed by atoms with E-state index in [1.54, 1.807) is 12.1 Å². The number of benzene rings is 2. The summed E-state index contributed by atoms with van der Waals surface area (Å²) in [6, 6.07) is 17.1. The largest absolute Gasteiger partial charge is 0.364 e. The second-order valence-corrected chi connectivity index (χ2v) is 5.56. The number of nitrogens with zero attached hydrogens (tertiary/aromatic N) is 1. The molecule has 0 bridgehead atoms. The van der Waals surface area contributed by atoms with Crippen molar-refractivity contribution in [2.75, 3.05) is 0 Å². The SMILES string of the molecule is N#Cc1ccc2c(Sc3ccccc3)c(C(N)=O)[nH]c2c1. The second-order valence-electron chi connectivity index (χ2n) is 4.48. The number of aromatic nitrogens is 1. The predicted octanol–water partition coefficient (Wildman–Crippen LogP) is 3.29. The van der Waals surface area contributed by atoms with Crippen LogP contribution in [0.15, 0.2) is 58.3 Å². The molecule has 0 aliphatic rings. The second kappa shape index (κ2) is 5.35. The fourth-order valence-corrected chi connectivity index (χ4v) is 3.20. The normalized spacial score (nSPS) is 10.4. The summed E-state index contributed by atoms with van der Waals surface area (Å²) in [5, 5.41) is 9.84. The lowest BCUT2D eigenvalue weighted by Crippen LogP contribution is -2.12. The summed E-state index contributed by atoms with van der Waals surface area (Å²) in [6.07, 6.45) is 0. The van der Waals surface area contributed by atoms with E-state index in [0.29, 0.717) is 11.3 Å². The van der Waals surface area contributed by atoms with Crippen LogP contribution >= 0.6 is 11.8 Å². The molecule has 0 saturated carbocycles. The lowest BCUT2D eigenvalue weighted by Gasteiger charge is -2.02. The van der Waals surface area contributed by atoms with Crippen LogP contribution in [0.5, 0.6) is 0 Å². The molecular weight excluding hydrogens is 282 g/mol. The number of primary amides is 1. The lowest BCUT2D eigenvalue weighted by molar-refractivity contribution is 0.0993. The number of rotatable bonds is 3. The number of nitriles is 1. The number of carbonyl (C=O) groups is 1. The molecule has 3 rings (SSSR count). The summed E-state index contributed by atoms with van der Waals surface area (Å²) >= 11 is 1.48. The summed E-state index contributed by atoms with van der Waals surface area (Å²) in [5.74, 6) is -0.511. The molecule has 0 aliphatic heterocycles. The quantitative estimate of drug-likeness (QED) is 0.777. The first kappa shape index (κ1) is 13.3. The van der Waals surface area contributed by atoms with Crippen molar-refractivity contribution >= 4 is 28.6 Å². The average molecular weight is 293 g/mol. The van der Waals surface area contributed by atoms with Crippen molar-refractivity contribution in [3.05, 3.63) is 59.8 Å². The van der Waals surface area contributed by atoms with Crippen LogP contribution in [0.3, 0.4) is 0 Å². The highest BCUT2D eigenvalue weighted by molar-refractivity contribution is 7.99. The van der Waals surface area contributed by atoms with Crippen LogP contribution < -0.4 is 5.73 Å². The van der Waals surface area contributed by atoms with Crippen molar-refractivity contribution in [3.63, 3.8) is 0 Å². The van der Waals surface area contributed by atoms with Gasteiger partial charge in [-0.05, 0) is 24.3 Å². The third-order valence-electron chi connectivity index (χ3n) is 3.09. The summed E-state index contributed by atoms with van der Waals surface area (Å²) < 4.78 is 0. The predicted molar refractivity (Wildman–Crippen MR) is 82.1 cm³/mol. The molecule has 0 aliphatic carbocycles. The van der Waals surface area contributed by atoms with Gasteiger partial charge in [-0.1, -0.05) is 36.0 Å². The van der Waals surface area contributed by atoms with E-state index in [9.17, 15) is 4.79 Å². The molecule has 2 aromatic carbocycles. The Hall–Kier alpha value is -2.71. The molecule has 5 heteroatoms. The highest BCUT2D eigenvalue weighted by Crippen LogP contribution is 2.36. The van der Waals surface area contributed by atoms with E-state index in [1.807, 2.05) is 36.4 Å². The Morgan fingerprint density at radius 2 is 1.95 bits per heavy atom. The molecule has 0 radical (unpaired) electrons. The zero-order valence-electron chi connectivity index (χ0n) is 11.0. The van der Waals surface area contributed by atoms with Gasteiger partial charge in [-0.15, -0.1) is 0 Å². The first-order valence-electron chi connectivity index (χ1n) is 6.27. The molecule has 1 aromatic heterocycles. The zero-order valence-corrected chi connectivity index (χ0v) is 11.8. The molecule has 102 valence electrons. The third kappa shape index (κ3) is 2.49. The Bertz CT molecular complexity index is 862. The Balaban J connectivity index is 2.17. The minimum absolute atomic E-state index is 0.369. The standard InChI is InChI=1S/C16H11N3OS/c17-9-10-6-7-12-13(8-10)19-14(16(18)20)15(12)21-11-4-2-1-3-5-11/h1-8,19H,(H2,18,20). The number of aromatic amines is 1. The van der Waals surface area contributed by atoms with Crippen molar-refractivity contribution in [1.82, 2.24) is 4.98 Å². The number of hydrogen-bond donors (Lipinski definition) is 2. The van der Waals surface area contributed by atoms with Gasteiger partial charge in [0, 0.05) is 15.8 Å². The molecule has 4 nitrogen and oxygen atoms in total. The minimum atomic E-state index is -0.511. The van der Waals surface area contributed by atoms with Crippen molar-refractivity contribution in [1.29, 1.82) is 5.26 Å². The topological polar surface area (TPSA) is 82.7 Å². The van der Waals surface area contributed by atoms with Crippen LogP contribution in [-0.4, -0.2) is 10.9 Å². The van der Waals surface area contributed by atoms with Crippen LogP contribution in [0.1, 0.15) is 16.1 Å². The molecule has 3 aromatic rings. The smallest absolute Gasteiger partial charge is 0.266 e. The van der Waals surface area contributed by atoms with Gasteiger partial charge < -0.3 is 10.7 Å². The number of H-pyrrole nitrogens is 1. The molecule has 21 heavy (non-hydrogen) atoms. The lowest BCUT2D eigenvalue weighted by atomic mass is 10.2. The Morgan fingerprint density at radius 3 is 2.62 bits per heavy atom. The number of carbonyl (C=O) groups excluding carboxylic acids is 1. The zero-order chi connectivity index (χ0) is 14.8. The molecular formula is C16H11N3OS. The van der Waals surface area contributed by atoms with E-state index in [2.05, 4.69) is 11.1 Å². The van der Waals surface area contributed by atoms with Crippen LogP contribution in [-0.2, 0) is 0 Å². The fourth-order valence-electron chi connectivity index (χ4n) is 2.13. The number of hydrogen-bond acceptors (Lipinski definition) is 3. The molecule has 0 saturated heterocycles. The highest BCUT2D eigenvalue weighted by Gasteiger charge is 2.17. The molecule has 1 amide bonds. The fraction of sp³-hybridized carbons (Fsp3) is 0. The highest BCUT2D eigenvalue weighted by atomic mass is 32.2. The van der Waals surface area contributed by atoms with Gasteiger partial charge in [0.25, 0.3) is 5.91 Å². The molecule has 0 spiro atoms. The number of fused-ring (bicyclic) bond motifs is 1. The van der Waals surface area contributed by atoms with Gasteiger partial charge in [0.2, 0.25) is 0 Å². The van der Waals surface area contributed by atoms with E-state index in [0.717, 1.165) is 20.7 Å². The number of amides is 1. The maximum atomic E-state index is 11.6. The van der Waals surface area contributed by atoms with Gasteiger partial charge in [-0.25, -0.2) is 0 Å². The summed E-state index contributed by atoms with van der Waals surface area (Å²) in [6.45, 7) is 0. The van der Waals surface area contributed by atoms with Crippen LogP contribution in [0.2, 0.25) is 0 Å². The van der Waals surface area contributed by atoms with Gasteiger partial charge in [0.15, 0.2) is 0 Å². The first-order valence-corrected chi connectivity index (χ1v) is 7.09. The van der Waals surface area contributed by atoms with Crippen molar-refractivity contribution < 1.29 is 4.79 Å². The van der Waals surface area contributed by atoms with E-state index >= 15 is 0 Å². The van der Waals surface area contributed by atoms with Crippen molar-refractivity contribution in [3.8, 4) is 6.07 Å². The third-order valence-corrected chi connectivity index (χ3v) is 4.23. The van der Waals surface area contributed by atoms with Crippen LogP contribution in [0.25, 0.3) is 10.9 Å². The van der Waals surface area contributed by atoms with Crippen LogP contribution in [0.4, 0.5) is 0 Å². The molecule has 3 N–H and O–H groups in total. The van der Waals surface area contributed by atoms with Crippen molar-refractivity contribution in [2.45, 2.75) is 9.79 Å². The number of nitrogens with two attached hydrogens (primary N) is 1. The van der Waals surface area contributed by atoms with E-state index in [4.69, 9.17) is 11.0 Å². The summed E-state index contributed by atoms with van der Waals surface area (Å²) in [7, 11) is 0. The average Bonchev–Trinajstić information content (AvgIpc) is 2.86. The Morgan fingerprint density at radius 1 is 1.19 bits per heavy atom. The monoisotopic (exact) mass is 293 g/mol. The molecule has 0 unspecified atom stereocenters. The van der Waals surface area contributed by atoms with E-state index < -0.39 is 5.91 Å². The maximum absolute atomic E-state index is 11.6. The summed E-state index contributed by atoms with van der Waals surface area (Å²) in [4.78, 5) is 16.5. The van der Waals surface area contributed by atoms with Gasteiger partial charge >= 0.3 is 0 Å². The first-order chi connectivity index (χ1) is 10.2. The summed E-state index contributed by atoms with van der Waals surface area (Å²) in [5.41, 5.74) is 7.10. The Kier molecular flexibility index (Phi) is 3.38. The molecule has 1 heterocycles. The minimum Gasteiger partial charge on any atom is -0.364 e. The van der Waals surface area contributed by atoms with Gasteiger partial charge in [-0.2, -0.15) is 5.26 Å². The molecule has 0 fully saturated rings. The van der Waals surface area contributed by atoms with Gasteiger partial charge in [-0.3, -0.25) is 4.79 Å². The Labute approximate surface area is 125 Å². The van der Waals surface area contributed by atoms with Gasteiger partial charge in [0.05, 0.1) is 16.5 Å². The van der Waals surface area contributed by atoms with Crippen molar-refractivity contribution in [2.24, 2.45) is 5.73 Å².